The van der Waals surface area contributed by atoms with Crippen LogP contribution in [0.25, 0.3) is 0 Å². The van der Waals surface area contributed by atoms with E-state index in [1.165, 1.54) is 0 Å². The molecule has 3 rings (SSSR count). The van der Waals surface area contributed by atoms with E-state index < -0.39 is 0 Å². The molecule has 1 fully saturated rings. The van der Waals surface area contributed by atoms with Gasteiger partial charge in [0.2, 0.25) is 5.96 Å². The van der Waals surface area contributed by atoms with Crippen LogP contribution in [0.1, 0.15) is 28.8 Å². The molecule has 0 aromatic heterocycles. The second kappa shape index (κ2) is 8.83. The fourth-order valence-corrected chi connectivity index (χ4v) is 2.91. The summed E-state index contributed by atoms with van der Waals surface area (Å²) in [6.45, 7) is 3.19. The summed E-state index contributed by atoms with van der Waals surface area (Å²) in [4.78, 5) is 17.0. The van der Waals surface area contributed by atoms with E-state index in [0.717, 1.165) is 30.7 Å². The van der Waals surface area contributed by atoms with Crippen molar-refractivity contribution in [3.63, 3.8) is 0 Å². The first-order valence-electron chi connectivity index (χ1n) is 8.68. The highest BCUT2D eigenvalue weighted by molar-refractivity contribution is 6.31. The van der Waals surface area contributed by atoms with E-state index in [0.29, 0.717) is 23.1 Å². The van der Waals surface area contributed by atoms with Crippen molar-refractivity contribution in [2.45, 2.75) is 25.9 Å². The quantitative estimate of drug-likeness (QED) is 0.630. The molecule has 1 aliphatic rings. The molecule has 1 saturated heterocycles. The Morgan fingerprint density at radius 2 is 2.04 bits per heavy atom. The number of carbonyl (C=O) groups is 1. The summed E-state index contributed by atoms with van der Waals surface area (Å²) in [7, 11) is 0. The Hall–Kier alpha value is -2.37. The molecule has 0 spiro atoms. The number of amides is 1. The molecule has 0 aliphatic carbocycles. The molecule has 1 amide bonds. The lowest BCUT2D eigenvalue weighted by Gasteiger charge is -2.15. The number of rotatable bonds is 4. The second-order valence-electron chi connectivity index (χ2n) is 6.18. The zero-order chi connectivity index (χ0) is 18.4. The Kier molecular flexibility index (Phi) is 6.26. The van der Waals surface area contributed by atoms with Gasteiger partial charge in [-0.1, -0.05) is 35.9 Å². The zero-order valence-electron chi connectivity index (χ0n) is 14.7. The molecular weight excluding hydrogens is 350 g/mol. The van der Waals surface area contributed by atoms with Gasteiger partial charge in [-0.25, -0.2) is 4.99 Å². The van der Waals surface area contributed by atoms with E-state index in [1.54, 1.807) is 12.1 Å². The maximum absolute atomic E-state index is 12.5. The number of carbonyl (C=O) groups excluding carboxylic acids is 1. The summed E-state index contributed by atoms with van der Waals surface area (Å²) in [5.41, 5.74) is 2.27. The Morgan fingerprint density at radius 1 is 1.23 bits per heavy atom. The number of nitrogens with zero attached hydrogens (tertiary/aromatic N) is 1. The number of aliphatic imine (C=N–C) groups is 1. The number of guanidine groups is 1. The molecule has 2 N–H and O–H groups in total. The largest absolute Gasteiger partial charge is 0.376 e. The zero-order valence-corrected chi connectivity index (χ0v) is 15.4. The highest BCUT2D eigenvalue weighted by Crippen LogP contribution is 2.23. The average Bonchev–Trinajstić information content (AvgIpc) is 3.17. The Bertz CT molecular complexity index is 787. The Labute approximate surface area is 158 Å². The predicted octanol–water partition coefficient (Wildman–Crippen LogP) is 4.03. The van der Waals surface area contributed by atoms with E-state index in [2.05, 4.69) is 15.6 Å². The van der Waals surface area contributed by atoms with Crippen molar-refractivity contribution < 1.29 is 9.53 Å². The summed E-state index contributed by atoms with van der Waals surface area (Å²) in [6.07, 6.45) is 2.13. The van der Waals surface area contributed by atoms with Gasteiger partial charge in [-0.15, -0.1) is 0 Å². The number of nitrogens with one attached hydrogen (secondary N) is 2. The Balaban J connectivity index is 1.77. The van der Waals surface area contributed by atoms with Crippen LogP contribution in [-0.2, 0) is 4.74 Å². The molecule has 0 bridgehead atoms. The molecular formula is C20H22ClN3O2. The number of hydrogen-bond donors (Lipinski definition) is 2. The van der Waals surface area contributed by atoms with E-state index in [1.807, 2.05) is 43.3 Å². The monoisotopic (exact) mass is 371 g/mol. The van der Waals surface area contributed by atoms with Crippen molar-refractivity contribution in [1.82, 2.24) is 5.32 Å². The van der Waals surface area contributed by atoms with Crippen LogP contribution in [0.5, 0.6) is 0 Å². The fraction of sp³-hybridized carbons (Fsp3) is 0.300. The number of halogens is 1. The lowest BCUT2D eigenvalue weighted by molar-refractivity contribution is 0.0975. The molecule has 136 valence electrons. The van der Waals surface area contributed by atoms with Crippen LogP contribution in [0, 0.1) is 6.92 Å². The highest BCUT2D eigenvalue weighted by Gasteiger charge is 2.16. The second-order valence-corrected chi connectivity index (χ2v) is 6.59. The average molecular weight is 372 g/mol. The first-order chi connectivity index (χ1) is 12.6. The van der Waals surface area contributed by atoms with Crippen LogP contribution < -0.4 is 10.6 Å². The van der Waals surface area contributed by atoms with Gasteiger partial charge in [0.05, 0.1) is 12.6 Å². The summed E-state index contributed by atoms with van der Waals surface area (Å²) >= 11 is 6.19. The first kappa shape index (κ1) is 18.4. The van der Waals surface area contributed by atoms with Crippen LogP contribution in [0.15, 0.2) is 53.5 Å². The van der Waals surface area contributed by atoms with Gasteiger partial charge >= 0.3 is 0 Å². The van der Waals surface area contributed by atoms with Gasteiger partial charge in [0, 0.05) is 22.9 Å². The summed E-state index contributed by atoms with van der Waals surface area (Å²) in [5, 5.41) is 6.70. The van der Waals surface area contributed by atoms with Gasteiger partial charge in [-0.2, -0.15) is 0 Å². The van der Waals surface area contributed by atoms with Crippen molar-refractivity contribution in [1.29, 1.82) is 0 Å². The lowest BCUT2D eigenvalue weighted by atomic mass is 10.2. The van der Waals surface area contributed by atoms with E-state index in [-0.39, 0.29) is 12.0 Å². The SMILES string of the molecule is Cc1c(Cl)cccc1NC(=NC[C@@H]1CCCO1)NC(=O)c1ccccc1. The van der Waals surface area contributed by atoms with Gasteiger partial charge in [-0.05, 0) is 49.6 Å². The summed E-state index contributed by atoms with van der Waals surface area (Å²) in [5.74, 6) is 0.170. The van der Waals surface area contributed by atoms with Crippen LogP contribution in [0.4, 0.5) is 5.69 Å². The van der Waals surface area contributed by atoms with Crippen molar-refractivity contribution in [3.05, 3.63) is 64.7 Å². The fourth-order valence-electron chi connectivity index (χ4n) is 2.73. The third-order valence-corrected chi connectivity index (χ3v) is 4.68. The predicted molar refractivity (Wildman–Crippen MR) is 105 cm³/mol. The normalized spacial score (nSPS) is 17.2. The molecule has 0 unspecified atom stereocenters. The highest BCUT2D eigenvalue weighted by atomic mass is 35.5. The van der Waals surface area contributed by atoms with Gasteiger partial charge in [-0.3, -0.25) is 10.1 Å². The van der Waals surface area contributed by atoms with Crippen molar-refractivity contribution in [2.24, 2.45) is 4.99 Å². The van der Waals surface area contributed by atoms with Crippen LogP contribution in [0.2, 0.25) is 5.02 Å². The molecule has 0 radical (unpaired) electrons. The summed E-state index contributed by atoms with van der Waals surface area (Å²) < 4.78 is 5.62. The molecule has 2 aromatic rings. The van der Waals surface area contributed by atoms with E-state index in [4.69, 9.17) is 16.3 Å². The molecule has 0 saturated carbocycles. The third kappa shape index (κ3) is 4.84. The van der Waals surface area contributed by atoms with Gasteiger partial charge < -0.3 is 10.1 Å². The minimum atomic E-state index is -0.219. The van der Waals surface area contributed by atoms with Gasteiger partial charge in [0.1, 0.15) is 0 Å². The minimum absolute atomic E-state index is 0.0980. The van der Waals surface area contributed by atoms with E-state index in [9.17, 15) is 4.79 Å². The van der Waals surface area contributed by atoms with Crippen LogP contribution >= 0.6 is 11.6 Å². The third-order valence-electron chi connectivity index (χ3n) is 4.27. The van der Waals surface area contributed by atoms with E-state index >= 15 is 0 Å². The first-order valence-corrected chi connectivity index (χ1v) is 9.06. The topological polar surface area (TPSA) is 62.7 Å². The molecule has 1 atom stereocenters. The minimum Gasteiger partial charge on any atom is -0.376 e. The lowest BCUT2D eigenvalue weighted by Crippen LogP contribution is -2.37. The van der Waals surface area contributed by atoms with Crippen molar-refractivity contribution in [2.75, 3.05) is 18.5 Å². The molecule has 5 nitrogen and oxygen atoms in total. The number of benzene rings is 2. The molecule has 2 aromatic carbocycles. The number of ether oxygens (including phenoxy) is 1. The van der Waals surface area contributed by atoms with Crippen LogP contribution in [0.3, 0.4) is 0 Å². The molecule has 1 heterocycles. The van der Waals surface area contributed by atoms with Crippen molar-refractivity contribution >= 4 is 29.2 Å². The molecule has 26 heavy (non-hydrogen) atoms. The molecule has 1 aliphatic heterocycles. The number of anilines is 1. The van der Waals surface area contributed by atoms with Gasteiger partial charge in [0.15, 0.2) is 0 Å². The summed E-state index contributed by atoms with van der Waals surface area (Å²) in [6, 6.07) is 14.6. The maximum Gasteiger partial charge on any atom is 0.257 e. The van der Waals surface area contributed by atoms with Gasteiger partial charge in [0.25, 0.3) is 5.91 Å². The van der Waals surface area contributed by atoms with Crippen LogP contribution in [-0.4, -0.2) is 31.1 Å². The molecule has 6 heteroatoms. The maximum atomic E-state index is 12.5. The standard InChI is InChI=1S/C20H22ClN3O2/c1-14-17(21)10-5-11-18(14)23-20(22-13-16-9-6-12-26-16)24-19(25)15-7-3-2-4-8-15/h2-5,7-8,10-11,16H,6,9,12-13H2,1H3,(H2,22,23,24,25)/t16-/m0/s1. The van der Waals surface area contributed by atoms with Crippen molar-refractivity contribution in [3.8, 4) is 0 Å². The Morgan fingerprint density at radius 3 is 2.77 bits per heavy atom. The smallest absolute Gasteiger partial charge is 0.257 e. The number of hydrogen-bond acceptors (Lipinski definition) is 3.